The van der Waals surface area contributed by atoms with E-state index < -0.39 is 10.0 Å². The Bertz CT molecular complexity index is 1140. The molecule has 1 aliphatic heterocycles. The first-order valence-electron chi connectivity index (χ1n) is 10.3. The quantitative estimate of drug-likeness (QED) is 0.565. The predicted molar refractivity (Wildman–Crippen MR) is 124 cm³/mol. The van der Waals surface area contributed by atoms with Crippen LogP contribution >= 0.6 is 11.6 Å². The highest BCUT2D eigenvalue weighted by atomic mass is 35.5. The van der Waals surface area contributed by atoms with Gasteiger partial charge in [-0.05, 0) is 48.0 Å². The van der Waals surface area contributed by atoms with Crippen LogP contribution < -0.4 is 9.62 Å². The summed E-state index contributed by atoms with van der Waals surface area (Å²) in [5.41, 5.74) is 1.51. The Balaban J connectivity index is 1.48. The van der Waals surface area contributed by atoms with Gasteiger partial charge in [0.15, 0.2) is 0 Å². The van der Waals surface area contributed by atoms with Crippen molar-refractivity contribution in [3.63, 3.8) is 0 Å². The fourth-order valence-corrected chi connectivity index (χ4v) is 5.06. The number of nitrogens with one attached hydrogen (secondary N) is 1. The van der Waals surface area contributed by atoms with Crippen molar-refractivity contribution >= 4 is 27.3 Å². The van der Waals surface area contributed by atoms with Crippen molar-refractivity contribution in [3.05, 3.63) is 89.5 Å². The van der Waals surface area contributed by atoms with Gasteiger partial charge in [-0.1, -0.05) is 29.8 Å². The van der Waals surface area contributed by atoms with Gasteiger partial charge in [0.25, 0.3) is 0 Å². The molecular weight excluding hydrogens is 451 g/mol. The summed E-state index contributed by atoms with van der Waals surface area (Å²) in [4.78, 5) is 8.60. The normalized spacial score (nSPS) is 16.1. The van der Waals surface area contributed by atoms with Gasteiger partial charge in [0.05, 0.1) is 16.6 Å². The summed E-state index contributed by atoms with van der Waals surface area (Å²) in [6.45, 7) is 2.80. The second kappa shape index (κ2) is 9.95. The van der Waals surface area contributed by atoms with Crippen LogP contribution in [0.3, 0.4) is 0 Å². The highest BCUT2D eigenvalue weighted by Gasteiger charge is 2.28. The van der Waals surface area contributed by atoms with Gasteiger partial charge in [-0.15, -0.1) is 0 Å². The molecule has 0 bridgehead atoms. The Morgan fingerprint density at radius 3 is 2.38 bits per heavy atom. The molecular formula is C23H24ClFN4O2S. The van der Waals surface area contributed by atoms with Gasteiger partial charge in [0.1, 0.15) is 5.82 Å². The molecule has 1 fully saturated rings. The first-order chi connectivity index (χ1) is 15.4. The van der Waals surface area contributed by atoms with Crippen molar-refractivity contribution in [3.8, 4) is 0 Å². The van der Waals surface area contributed by atoms with E-state index in [4.69, 9.17) is 11.6 Å². The standard InChI is InChI=1S/C23H24ClFN4O2S/c24-19-7-9-20(10-8-19)32(30,31)27-17-23(18-4-3-11-26-16-18)29-14-12-28(13-15-29)22-6-2-1-5-21(22)25/h1-11,16,23,27H,12-15,17H2. The minimum Gasteiger partial charge on any atom is -0.367 e. The van der Waals surface area contributed by atoms with Gasteiger partial charge >= 0.3 is 0 Å². The van der Waals surface area contributed by atoms with E-state index in [1.54, 1.807) is 36.7 Å². The Morgan fingerprint density at radius 2 is 1.72 bits per heavy atom. The second-order valence-corrected chi connectivity index (χ2v) is 9.79. The third-order valence-corrected chi connectivity index (χ3v) is 7.30. The number of anilines is 1. The van der Waals surface area contributed by atoms with Gasteiger partial charge in [0.2, 0.25) is 10.0 Å². The monoisotopic (exact) mass is 474 g/mol. The molecule has 0 saturated carbocycles. The molecule has 0 radical (unpaired) electrons. The van der Waals surface area contributed by atoms with Crippen molar-refractivity contribution in [2.75, 3.05) is 37.6 Å². The summed E-state index contributed by atoms with van der Waals surface area (Å²) < 4.78 is 42.5. The average Bonchev–Trinajstić information content (AvgIpc) is 2.81. The van der Waals surface area contributed by atoms with Crippen LogP contribution in [-0.2, 0) is 10.0 Å². The molecule has 0 spiro atoms. The van der Waals surface area contributed by atoms with E-state index in [-0.39, 0.29) is 23.3 Å². The molecule has 168 valence electrons. The Hall–Kier alpha value is -2.52. The summed E-state index contributed by atoms with van der Waals surface area (Å²) in [7, 11) is -3.69. The van der Waals surface area contributed by atoms with E-state index >= 15 is 0 Å². The van der Waals surface area contributed by atoms with Gasteiger partial charge in [-0.25, -0.2) is 17.5 Å². The second-order valence-electron chi connectivity index (χ2n) is 7.58. The number of para-hydroxylation sites is 1. The van der Waals surface area contributed by atoms with Crippen LogP contribution in [0.4, 0.5) is 10.1 Å². The highest BCUT2D eigenvalue weighted by molar-refractivity contribution is 7.89. The topological polar surface area (TPSA) is 65.5 Å². The molecule has 2 heterocycles. The zero-order valence-electron chi connectivity index (χ0n) is 17.4. The smallest absolute Gasteiger partial charge is 0.240 e. The SMILES string of the molecule is O=S(=O)(NCC(c1cccnc1)N1CCN(c2ccccc2F)CC1)c1ccc(Cl)cc1. The van der Waals surface area contributed by atoms with Crippen LogP contribution in [0.1, 0.15) is 11.6 Å². The van der Waals surface area contributed by atoms with Gasteiger partial charge in [-0.3, -0.25) is 9.88 Å². The van der Waals surface area contributed by atoms with Crippen molar-refractivity contribution in [2.24, 2.45) is 0 Å². The van der Waals surface area contributed by atoms with Crippen LogP contribution in [0.15, 0.2) is 78.0 Å². The Labute approximate surface area is 192 Å². The van der Waals surface area contributed by atoms with Gasteiger partial charge < -0.3 is 4.90 Å². The van der Waals surface area contributed by atoms with Crippen LogP contribution in [0.5, 0.6) is 0 Å². The maximum Gasteiger partial charge on any atom is 0.240 e. The largest absolute Gasteiger partial charge is 0.367 e. The lowest BCUT2D eigenvalue weighted by molar-refractivity contribution is 0.186. The van der Waals surface area contributed by atoms with E-state index in [2.05, 4.69) is 14.6 Å². The molecule has 32 heavy (non-hydrogen) atoms. The van der Waals surface area contributed by atoms with E-state index in [0.717, 1.165) is 5.56 Å². The molecule has 6 nitrogen and oxygen atoms in total. The molecule has 1 atom stereocenters. The Morgan fingerprint density at radius 1 is 1.00 bits per heavy atom. The minimum atomic E-state index is -3.69. The van der Waals surface area contributed by atoms with Crippen molar-refractivity contribution in [1.29, 1.82) is 0 Å². The number of hydrogen-bond acceptors (Lipinski definition) is 5. The predicted octanol–water partition coefficient (Wildman–Crippen LogP) is 3.72. The summed E-state index contributed by atoms with van der Waals surface area (Å²) in [6.07, 6.45) is 3.44. The molecule has 3 aromatic rings. The fourth-order valence-electron chi connectivity index (χ4n) is 3.90. The zero-order chi connectivity index (χ0) is 22.6. The van der Waals surface area contributed by atoms with Crippen molar-refractivity contribution < 1.29 is 12.8 Å². The summed E-state index contributed by atoms with van der Waals surface area (Å²) in [5.74, 6) is -0.236. The minimum absolute atomic E-state index is 0.163. The van der Waals surface area contributed by atoms with Crippen LogP contribution in [0.25, 0.3) is 0 Å². The molecule has 2 aromatic carbocycles. The summed E-state index contributed by atoms with van der Waals surface area (Å²) >= 11 is 5.88. The molecule has 1 N–H and O–H groups in total. The lowest BCUT2D eigenvalue weighted by atomic mass is 10.1. The number of nitrogens with zero attached hydrogens (tertiary/aromatic N) is 3. The molecule has 4 rings (SSSR count). The molecule has 1 aliphatic rings. The Kier molecular flexibility index (Phi) is 7.05. The third kappa shape index (κ3) is 5.27. The van der Waals surface area contributed by atoms with Crippen LogP contribution in [0.2, 0.25) is 5.02 Å². The van der Waals surface area contributed by atoms with Crippen molar-refractivity contribution in [2.45, 2.75) is 10.9 Å². The summed E-state index contributed by atoms with van der Waals surface area (Å²) in [5, 5.41) is 0.477. The fraction of sp³-hybridized carbons (Fsp3) is 0.261. The van der Waals surface area contributed by atoms with E-state index in [0.29, 0.717) is 36.9 Å². The number of aromatic nitrogens is 1. The van der Waals surface area contributed by atoms with E-state index in [9.17, 15) is 12.8 Å². The van der Waals surface area contributed by atoms with Gasteiger partial charge in [-0.2, -0.15) is 0 Å². The lowest BCUT2D eigenvalue weighted by Crippen LogP contribution is -2.50. The number of piperazine rings is 1. The number of rotatable bonds is 7. The first-order valence-corrected chi connectivity index (χ1v) is 12.2. The maximum atomic E-state index is 14.2. The van der Waals surface area contributed by atoms with E-state index in [1.165, 1.54) is 18.2 Å². The number of hydrogen-bond donors (Lipinski definition) is 1. The molecule has 1 saturated heterocycles. The number of halogens is 2. The summed E-state index contributed by atoms with van der Waals surface area (Å²) in [6, 6.07) is 16.4. The first kappa shape index (κ1) is 22.7. The lowest BCUT2D eigenvalue weighted by Gasteiger charge is -2.40. The molecule has 0 amide bonds. The molecule has 9 heteroatoms. The average molecular weight is 475 g/mol. The highest BCUT2D eigenvalue weighted by Crippen LogP contribution is 2.25. The maximum absolute atomic E-state index is 14.2. The molecule has 1 unspecified atom stereocenters. The molecule has 0 aliphatic carbocycles. The number of benzene rings is 2. The number of sulfonamides is 1. The van der Waals surface area contributed by atoms with Crippen LogP contribution in [-0.4, -0.2) is 51.0 Å². The van der Waals surface area contributed by atoms with E-state index in [1.807, 2.05) is 23.1 Å². The van der Waals surface area contributed by atoms with Gasteiger partial charge in [0, 0.05) is 50.1 Å². The van der Waals surface area contributed by atoms with Crippen LogP contribution in [0, 0.1) is 5.82 Å². The number of pyridine rings is 1. The molecule has 1 aromatic heterocycles. The third-order valence-electron chi connectivity index (χ3n) is 5.61. The zero-order valence-corrected chi connectivity index (χ0v) is 18.9. The van der Waals surface area contributed by atoms with Crippen molar-refractivity contribution in [1.82, 2.24) is 14.6 Å².